The van der Waals surface area contributed by atoms with Crippen molar-refractivity contribution < 1.29 is 84.8 Å². The average molecular weight is 266 g/mol. The van der Waals surface area contributed by atoms with Crippen LogP contribution in [0.15, 0.2) is 24.3 Å². The monoisotopic (exact) mass is 266 g/mol. The number of phenols is 1. The van der Waals surface area contributed by atoms with Crippen LogP contribution in [-0.4, -0.2) is 30.4 Å². The molecule has 0 aliphatic rings. The fourth-order valence-corrected chi connectivity index (χ4v) is 1.10. The maximum atomic E-state index is 10.3. The van der Waals surface area contributed by atoms with Gasteiger partial charge in [-0.2, -0.15) is 8.42 Å². The first-order chi connectivity index (χ1) is 6.47. The maximum Gasteiger partial charge on any atom is 1.00 e. The summed E-state index contributed by atoms with van der Waals surface area (Å²) in [6.07, 6.45) is 0. The maximum absolute atomic E-state index is 10.3. The Kier molecular flexibility index (Phi) is 10.5. The molecule has 0 spiro atoms. The molecular weight excluding hydrogens is 254 g/mol. The number of benzene rings is 1. The van der Waals surface area contributed by atoms with Crippen LogP contribution < -0.4 is 63.9 Å². The van der Waals surface area contributed by atoms with E-state index in [4.69, 9.17) is 14.4 Å². The van der Waals surface area contributed by atoms with Gasteiger partial charge in [-0.15, -0.1) is 0 Å². The van der Waals surface area contributed by atoms with Gasteiger partial charge < -0.3 is 12.7 Å². The van der Waals surface area contributed by atoms with E-state index in [0.717, 1.165) is 0 Å². The smallest absolute Gasteiger partial charge is 1.00 e. The van der Waals surface area contributed by atoms with E-state index in [1.807, 2.05) is 0 Å². The predicted molar refractivity (Wildman–Crippen MR) is 52.2 cm³/mol. The van der Waals surface area contributed by atoms with E-state index >= 15 is 0 Å². The van der Waals surface area contributed by atoms with Crippen LogP contribution in [0.1, 0.15) is 2.85 Å². The van der Waals surface area contributed by atoms with Crippen LogP contribution in [0.3, 0.4) is 0 Å². The summed E-state index contributed by atoms with van der Waals surface area (Å²) in [5.74, 6) is 0.0898. The number of aromatic hydroxyl groups is 1. The molecule has 0 radical (unpaired) electrons. The zero-order chi connectivity index (χ0) is 10.6. The van der Waals surface area contributed by atoms with Gasteiger partial charge in [0.25, 0.3) is 10.1 Å². The first-order valence-electron chi connectivity index (χ1n) is 3.84. The van der Waals surface area contributed by atoms with Crippen molar-refractivity contribution in [3.05, 3.63) is 24.3 Å². The van der Waals surface area contributed by atoms with Crippen LogP contribution in [-0.2, 0) is 10.1 Å². The van der Waals surface area contributed by atoms with Gasteiger partial charge in [-0.1, -0.05) is 0 Å². The zero-order valence-electron chi connectivity index (χ0n) is 11.3. The van der Waals surface area contributed by atoms with Gasteiger partial charge in [0, 0.05) is 0 Å². The summed E-state index contributed by atoms with van der Waals surface area (Å²) in [7, 11) is -3.98. The van der Waals surface area contributed by atoms with Gasteiger partial charge >= 0.3 is 59.1 Å². The quantitative estimate of drug-likeness (QED) is 0.421. The van der Waals surface area contributed by atoms with Crippen LogP contribution in [0.4, 0.5) is 0 Å². The van der Waals surface area contributed by atoms with E-state index in [1.54, 1.807) is 0 Å². The largest absolute Gasteiger partial charge is 1.00 e. The van der Waals surface area contributed by atoms with Gasteiger partial charge in [-0.3, -0.25) is 4.55 Å². The Bertz CT molecular complexity index is 398. The van der Waals surface area contributed by atoms with Crippen molar-refractivity contribution in [1.82, 2.24) is 0 Å². The summed E-state index contributed by atoms with van der Waals surface area (Å²) in [6, 6.07) is 5.84. The number of phenolic OH excluding ortho intramolecular Hbond substituents is 1. The third-order valence-electron chi connectivity index (χ3n) is 1.45. The van der Waals surface area contributed by atoms with E-state index in [1.165, 1.54) is 24.3 Å². The number of hydrogen-bond donors (Lipinski definition) is 2. The van der Waals surface area contributed by atoms with Crippen LogP contribution >= 0.6 is 0 Å². The van der Waals surface area contributed by atoms with Crippen molar-refractivity contribution in [3.63, 3.8) is 0 Å². The van der Waals surface area contributed by atoms with Gasteiger partial charge in [-0.25, -0.2) is 0 Å². The molecule has 0 saturated heterocycles. The molecular formula is C8H12Na2O5S. The Hall–Kier alpha value is 0.730. The molecule has 16 heavy (non-hydrogen) atoms. The normalized spacial score (nSPS) is 9.81. The van der Waals surface area contributed by atoms with Crippen LogP contribution in [0.5, 0.6) is 11.5 Å². The Morgan fingerprint density at radius 3 is 2.12 bits per heavy atom. The molecule has 2 N–H and O–H groups in total. The molecule has 0 fully saturated rings. The number of hydrogen-bond acceptors (Lipinski definition) is 4. The molecule has 82 valence electrons. The van der Waals surface area contributed by atoms with Gasteiger partial charge in [0.2, 0.25) is 0 Å². The van der Waals surface area contributed by atoms with E-state index in [-0.39, 0.29) is 74.3 Å². The second-order valence-electron chi connectivity index (χ2n) is 2.63. The molecule has 0 unspecified atom stereocenters. The molecule has 0 amide bonds. The Balaban J connectivity index is -0.000000245. The number of rotatable bonds is 4. The van der Waals surface area contributed by atoms with E-state index in [0.29, 0.717) is 5.75 Å². The third-order valence-corrected chi connectivity index (χ3v) is 2.13. The molecule has 1 aromatic rings. The number of ether oxygens (including phenoxy) is 1. The minimum Gasteiger partial charge on any atom is -1.00 e. The zero-order valence-corrected chi connectivity index (χ0v) is 14.1. The molecule has 0 heterocycles. The van der Waals surface area contributed by atoms with Crippen LogP contribution in [0.25, 0.3) is 0 Å². The predicted octanol–water partition coefficient (Wildman–Crippen LogP) is -5.11. The van der Waals surface area contributed by atoms with Gasteiger partial charge in [0.05, 0.1) is 0 Å². The van der Waals surface area contributed by atoms with Crippen molar-refractivity contribution in [2.45, 2.75) is 0 Å². The van der Waals surface area contributed by atoms with Gasteiger partial charge in [0.15, 0.2) is 0 Å². The summed E-state index contributed by atoms with van der Waals surface area (Å²) in [5, 5.41) is 8.92. The van der Waals surface area contributed by atoms with Crippen molar-refractivity contribution in [3.8, 4) is 11.5 Å². The second-order valence-corrected chi connectivity index (χ2v) is 4.20. The molecule has 1 aromatic carbocycles. The topological polar surface area (TPSA) is 83.8 Å². The van der Waals surface area contributed by atoms with Gasteiger partial charge in [-0.05, 0) is 24.3 Å². The fourth-order valence-electron chi connectivity index (χ4n) is 0.807. The van der Waals surface area contributed by atoms with Crippen LogP contribution in [0, 0.1) is 0 Å². The molecule has 0 saturated carbocycles. The molecule has 0 aromatic heterocycles. The summed E-state index contributed by atoms with van der Waals surface area (Å²) < 4.78 is 34.0. The Morgan fingerprint density at radius 1 is 1.19 bits per heavy atom. The first-order valence-corrected chi connectivity index (χ1v) is 5.45. The molecule has 5 nitrogen and oxygen atoms in total. The summed E-state index contributed by atoms with van der Waals surface area (Å²) >= 11 is 0. The Labute approximate surface area is 141 Å². The Morgan fingerprint density at radius 2 is 1.69 bits per heavy atom. The summed E-state index contributed by atoms with van der Waals surface area (Å²) in [6.45, 7) is -0.121. The molecule has 1 rings (SSSR count). The summed E-state index contributed by atoms with van der Waals surface area (Å²) in [5.41, 5.74) is 0. The standard InChI is InChI=1S/C8H10O5S.2Na.2H/c9-7-1-3-8(4-2-7)13-5-6-14(10,11)12;;;;/h1-4,9H,5-6H2,(H,10,11,12);;;;/q;2*+1;2*-1. The van der Waals surface area contributed by atoms with Crippen molar-refractivity contribution in [1.29, 1.82) is 0 Å². The van der Waals surface area contributed by atoms with E-state index in [2.05, 4.69) is 0 Å². The van der Waals surface area contributed by atoms with Gasteiger partial charge in [0.1, 0.15) is 23.9 Å². The molecule has 0 aliphatic carbocycles. The van der Waals surface area contributed by atoms with Crippen molar-refractivity contribution in [2.75, 3.05) is 12.4 Å². The molecule has 0 aliphatic heterocycles. The SMILES string of the molecule is O=S(=O)(O)CCOc1ccc(O)cc1.[H-].[H-].[Na+].[Na+]. The minimum absolute atomic E-state index is 0. The molecule has 8 heteroatoms. The average Bonchev–Trinajstić information content (AvgIpc) is 2.06. The first kappa shape index (κ1) is 19.1. The fraction of sp³-hybridized carbons (Fsp3) is 0.250. The van der Waals surface area contributed by atoms with Crippen molar-refractivity contribution in [2.24, 2.45) is 0 Å². The third kappa shape index (κ3) is 8.83. The van der Waals surface area contributed by atoms with Crippen molar-refractivity contribution >= 4 is 10.1 Å². The second kappa shape index (κ2) is 8.77. The minimum atomic E-state index is -3.98. The molecule has 0 bridgehead atoms. The van der Waals surface area contributed by atoms with E-state index < -0.39 is 15.9 Å². The van der Waals surface area contributed by atoms with Crippen LogP contribution in [0.2, 0.25) is 0 Å². The summed E-state index contributed by atoms with van der Waals surface area (Å²) in [4.78, 5) is 0. The molecule has 0 atom stereocenters. The van der Waals surface area contributed by atoms with E-state index in [9.17, 15) is 8.42 Å².